The third-order valence-corrected chi connectivity index (χ3v) is 2.96. The van der Waals surface area contributed by atoms with Crippen molar-refractivity contribution >= 4 is 5.91 Å². The van der Waals surface area contributed by atoms with Crippen molar-refractivity contribution in [2.45, 2.75) is 19.3 Å². The van der Waals surface area contributed by atoms with E-state index in [0.29, 0.717) is 6.54 Å². The Hall–Kier alpha value is -0.830. The fourth-order valence-corrected chi connectivity index (χ4v) is 2.24. The molecule has 1 saturated heterocycles. The molecule has 2 aliphatic rings. The van der Waals surface area contributed by atoms with Crippen LogP contribution in [0.3, 0.4) is 0 Å². The molecular formula is C9H13NO2. The van der Waals surface area contributed by atoms with Crippen LogP contribution in [0.1, 0.15) is 19.3 Å². The molecule has 0 spiro atoms. The van der Waals surface area contributed by atoms with Crippen LogP contribution in [0.4, 0.5) is 0 Å². The second-order valence-corrected chi connectivity index (χ2v) is 3.68. The van der Waals surface area contributed by atoms with E-state index < -0.39 is 0 Å². The van der Waals surface area contributed by atoms with Crippen molar-refractivity contribution in [3.63, 3.8) is 0 Å². The quantitative estimate of drug-likeness (QED) is 0.435. The largest absolute Gasteiger partial charge is 0.286 e. The number of hydroxylamine groups is 2. The topological polar surface area (TPSA) is 40.5 Å². The van der Waals surface area contributed by atoms with Gasteiger partial charge in [0.1, 0.15) is 0 Å². The number of carbonyl (C=O) groups is 1. The lowest BCUT2D eigenvalue weighted by Gasteiger charge is -2.24. The molecule has 3 heteroatoms. The molecule has 2 rings (SSSR count). The first-order valence-electron chi connectivity index (χ1n) is 4.38. The zero-order valence-corrected chi connectivity index (χ0v) is 6.99. The highest BCUT2D eigenvalue weighted by Crippen LogP contribution is 2.38. The lowest BCUT2D eigenvalue weighted by atomic mass is 9.78. The van der Waals surface area contributed by atoms with E-state index in [4.69, 9.17) is 0 Å². The highest BCUT2D eigenvalue weighted by Gasteiger charge is 2.42. The summed E-state index contributed by atoms with van der Waals surface area (Å²) in [4.78, 5) is 11.3. The molecule has 0 aromatic rings. The van der Waals surface area contributed by atoms with E-state index in [1.165, 1.54) is 0 Å². The molecule has 12 heavy (non-hydrogen) atoms. The summed E-state index contributed by atoms with van der Waals surface area (Å²) in [5.74, 6) is 0.133. The molecule has 1 N–H and O–H groups in total. The fraction of sp³-hybridized carbons (Fsp3) is 0.667. The summed E-state index contributed by atoms with van der Waals surface area (Å²) in [6, 6.07) is 0. The number of fused-ring (bicyclic) bond motifs is 1. The van der Waals surface area contributed by atoms with Gasteiger partial charge < -0.3 is 0 Å². The van der Waals surface area contributed by atoms with Crippen molar-refractivity contribution in [2.24, 2.45) is 11.8 Å². The zero-order valence-electron chi connectivity index (χ0n) is 6.99. The van der Waals surface area contributed by atoms with Crippen LogP contribution in [0.15, 0.2) is 12.2 Å². The highest BCUT2D eigenvalue weighted by atomic mass is 16.5. The normalized spacial score (nSPS) is 35.6. The lowest BCUT2D eigenvalue weighted by molar-refractivity contribution is -0.160. The lowest BCUT2D eigenvalue weighted by Crippen LogP contribution is -2.24. The van der Waals surface area contributed by atoms with E-state index >= 15 is 0 Å². The molecule has 3 nitrogen and oxygen atoms in total. The van der Waals surface area contributed by atoms with Gasteiger partial charge in [0.05, 0.1) is 6.54 Å². The van der Waals surface area contributed by atoms with Crippen LogP contribution >= 0.6 is 0 Å². The van der Waals surface area contributed by atoms with Crippen LogP contribution in [-0.4, -0.2) is 22.7 Å². The summed E-state index contributed by atoms with van der Waals surface area (Å²) in [6.07, 6.45) is 2.97. The van der Waals surface area contributed by atoms with Crippen molar-refractivity contribution in [1.82, 2.24) is 5.06 Å². The Morgan fingerprint density at radius 3 is 2.92 bits per heavy atom. The predicted octanol–water partition coefficient (Wildman–Crippen LogP) is 1.19. The monoisotopic (exact) mass is 167 g/mol. The first kappa shape index (κ1) is 7.80. The molecule has 1 aliphatic heterocycles. The average molecular weight is 167 g/mol. The Balaban J connectivity index is 2.21. The molecule has 2 fully saturated rings. The summed E-state index contributed by atoms with van der Waals surface area (Å²) in [5, 5.41) is 10.0. The second kappa shape index (κ2) is 2.59. The van der Waals surface area contributed by atoms with Gasteiger partial charge in [-0.25, -0.2) is 5.06 Å². The first-order valence-corrected chi connectivity index (χ1v) is 4.38. The summed E-state index contributed by atoms with van der Waals surface area (Å²) >= 11 is 0. The fourth-order valence-electron chi connectivity index (χ4n) is 2.24. The molecule has 1 amide bonds. The molecule has 1 heterocycles. The Labute approximate surface area is 71.6 Å². The third kappa shape index (κ3) is 0.966. The van der Waals surface area contributed by atoms with Crippen LogP contribution in [0.5, 0.6) is 0 Å². The Morgan fingerprint density at radius 1 is 1.50 bits per heavy atom. The predicted molar refractivity (Wildman–Crippen MR) is 43.5 cm³/mol. The van der Waals surface area contributed by atoms with Gasteiger partial charge in [0.2, 0.25) is 5.91 Å². The van der Waals surface area contributed by atoms with Gasteiger partial charge in [-0.1, -0.05) is 12.2 Å². The van der Waals surface area contributed by atoms with E-state index in [-0.39, 0.29) is 17.7 Å². The van der Waals surface area contributed by atoms with Gasteiger partial charge in [-0.3, -0.25) is 10.0 Å². The zero-order chi connectivity index (χ0) is 8.72. The van der Waals surface area contributed by atoms with E-state index in [1.807, 2.05) is 0 Å². The summed E-state index contributed by atoms with van der Waals surface area (Å²) in [6.45, 7) is 4.40. The van der Waals surface area contributed by atoms with E-state index in [0.717, 1.165) is 29.9 Å². The van der Waals surface area contributed by atoms with Crippen LogP contribution in [-0.2, 0) is 4.79 Å². The van der Waals surface area contributed by atoms with Crippen molar-refractivity contribution in [3.05, 3.63) is 12.2 Å². The average Bonchev–Trinajstić information content (AvgIpc) is 2.32. The summed E-state index contributed by atoms with van der Waals surface area (Å²) < 4.78 is 0. The number of carbonyl (C=O) groups excluding carboxylic acids is 1. The standard InChI is InChI=1S/C9H13NO2/c1-6-3-2-4-7-8(6)5-10(12)9(7)11/h7-8,12H,1-5H2. The Kier molecular flexibility index (Phi) is 1.68. The molecule has 2 atom stereocenters. The van der Waals surface area contributed by atoms with Crippen molar-refractivity contribution in [2.75, 3.05) is 6.54 Å². The molecule has 0 radical (unpaired) electrons. The van der Waals surface area contributed by atoms with E-state index in [1.54, 1.807) is 0 Å². The van der Waals surface area contributed by atoms with Crippen LogP contribution in [0.25, 0.3) is 0 Å². The molecular weight excluding hydrogens is 154 g/mol. The molecule has 0 bridgehead atoms. The maximum Gasteiger partial charge on any atom is 0.249 e. The number of rotatable bonds is 0. The summed E-state index contributed by atoms with van der Waals surface area (Å²) in [5.41, 5.74) is 1.14. The molecule has 1 saturated carbocycles. The second-order valence-electron chi connectivity index (χ2n) is 3.68. The number of hydrogen-bond donors (Lipinski definition) is 1. The van der Waals surface area contributed by atoms with Gasteiger partial charge in [0.25, 0.3) is 0 Å². The summed E-state index contributed by atoms with van der Waals surface area (Å²) in [7, 11) is 0. The van der Waals surface area contributed by atoms with E-state index in [2.05, 4.69) is 6.58 Å². The SMILES string of the molecule is C=C1CCCC2C(=O)N(O)CC12. The third-order valence-electron chi connectivity index (χ3n) is 2.96. The highest BCUT2D eigenvalue weighted by molar-refractivity contribution is 5.81. The molecule has 1 aliphatic carbocycles. The van der Waals surface area contributed by atoms with E-state index in [9.17, 15) is 10.0 Å². The Morgan fingerprint density at radius 2 is 2.25 bits per heavy atom. The van der Waals surface area contributed by atoms with Gasteiger partial charge in [0, 0.05) is 11.8 Å². The molecule has 66 valence electrons. The van der Waals surface area contributed by atoms with Crippen molar-refractivity contribution in [3.8, 4) is 0 Å². The van der Waals surface area contributed by atoms with Gasteiger partial charge in [-0.05, 0) is 19.3 Å². The first-order chi connectivity index (χ1) is 5.70. The number of nitrogens with zero attached hydrogens (tertiary/aromatic N) is 1. The smallest absolute Gasteiger partial charge is 0.249 e. The van der Waals surface area contributed by atoms with Crippen LogP contribution < -0.4 is 0 Å². The number of hydrogen-bond acceptors (Lipinski definition) is 2. The minimum atomic E-state index is -0.110. The maximum absolute atomic E-state index is 11.3. The minimum Gasteiger partial charge on any atom is -0.286 e. The minimum absolute atomic E-state index is 0.0243. The van der Waals surface area contributed by atoms with Gasteiger partial charge >= 0.3 is 0 Å². The maximum atomic E-state index is 11.3. The number of amides is 1. The van der Waals surface area contributed by atoms with Gasteiger partial charge in [-0.15, -0.1) is 0 Å². The van der Waals surface area contributed by atoms with Crippen molar-refractivity contribution < 1.29 is 10.0 Å². The molecule has 0 aromatic heterocycles. The van der Waals surface area contributed by atoms with Crippen LogP contribution in [0.2, 0.25) is 0 Å². The molecule has 2 unspecified atom stereocenters. The van der Waals surface area contributed by atoms with Gasteiger partial charge in [0.15, 0.2) is 0 Å². The van der Waals surface area contributed by atoms with Crippen LogP contribution in [0, 0.1) is 11.8 Å². The van der Waals surface area contributed by atoms with Gasteiger partial charge in [-0.2, -0.15) is 0 Å². The molecule has 0 aromatic carbocycles. The van der Waals surface area contributed by atoms with Crippen molar-refractivity contribution in [1.29, 1.82) is 0 Å². The Bertz CT molecular complexity index is 237.